The van der Waals surface area contributed by atoms with Gasteiger partial charge in [-0.1, -0.05) is 76.0 Å². The Labute approximate surface area is 112 Å². The summed E-state index contributed by atoms with van der Waals surface area (Å²) in [6, 6.07) is 0. The van der Waals surface area contributed by atoms with Crippen LogP contribution in [-0.2, 0) is 4.79 Å². The van der Waals surface area contributed by atoms with E-state index in [4.69, 9.17) is 9.90 Å². The fourth-order valence-corrected chi connectivity index (χ4v) is 1.36. The minimum absolute atomic E-state index is 0.833. The van der Waals surface area contributed by atoms with Crippen LogP contribution in [-0.4, -0.2) is 11.1 Å². The molecule has 0 aliphatic heterocycles. The van der Waals surface area contributed by atoms with Gasteiger partial charge >= 0.3 is 0 Å². The van der Waals surface area contributed by atoms with Crippen LogP contribution < -0.4 is 0 Å². The minimum Gasteiger partial charge on any atom is -0.481 e. The maximum Gasteiger partial charge on any atom is 0.300 e. The van der Waals surface area contributed by atoms with Crippen LogP contribution in [0.1, 0.15) is 58.8 Å². The van der Waals surface area contributed by atoms with Crippen molar-refractivity contribution in [1.29, 1.82) is 0 Å². The number of hydrogen-bond donors (Lipinski definition) is 1. The van der Waals surface area contributed by atoms with Crippen molar-refractivity contribution in [3.05, 3.63) is 37.0 Å². The average molecular weight is 252 g/mol. The highest BCUT2D eigenvalue weighted by molar-refractivity contribution is 5.62. The van der Waals surface area contributed by atoms with E-state index in [-0.39, 0.29) is 0 Å². The van der Waals surface area contributed by atoms with Crippen LogP contribution >= 0.6 is 0 Å². The molecule has 0 rings (SSSR count). The lowest BCUT2D eigenvalue weighted by Gasteiger charge is -1.97. The standard InChI is InChI=1S/C14H24.C2H4O2/c1-3-5-7-9-11-13-14-12-10-8-6-4-2;1-2(3)4/h3,5,7,9,11H,1,4,6,8,10,12-14H2,2H3;1H3,(H,3,4)/b7-5?,11-9+;. The second kappa shape index (κ2) is 18.1. The topological polar surface area (TPSA) is 37.3 Å². The fraction of sp³-hybridized carbons (Fsp3) is 0.562. The summed E-state index contributed by atoms with van der Waals surface area (Å²) < 4.78 is 0. The van der Waals surface area contributed by atoms with Crippen molar-refractivity contribution in [1.82, 2.24) is 0 Å². The molecule has 2 nitrogen and oxygen atoms in total. The van der Waals surface area contributed by atoms with Crippen LogP contribution in [0.4, 0.5) is 0 Å². The molecule has 0 aliphatic rings. The molecular formula is C16H28O2. The summed E-state index contributed by atoms with van der Waals surface area (Å²) in [6.07, 6.45) is 19.6. The van der Waals surface area contributed by atoms with Gasteiger partial charge in [-0.25, -0.2) is 0 Å². The van der Waals surface area contributed by atoms with Gasteiger partial charge in [0.05, 0.1) is 0 Å². The Morgan fingerprint density at radius 3 is 2.17 bits per heavy atom. The molecule has 0 atom stereocenters. The number of hydrogen-bond acceptors (Lipinski definition) is 1. The molecule has 0 saturated carbocycles. The first kappa shape index (κ1) is 19.0. The average Bonchev–Trinajstić information content (AvgIpc) is 2.31. The first-order valence-corrected chi connectivity index (χ1v) is 6.78. The zero-order chi connectivity index (χ0) is 14.1. The van der Waals surface area contributed by atoms with Gasteiger partial charge in [0.15, 0.2) is 0 Å². The third-order valence-corrected chi connectivity index (χ3v) is 2.22. The minimum atomic E-state index is -0.833. The monoisotopic (exact) mass is 252 g/mol. The number of rotatable bonds is 9. The molecule has 0 aromatic heterocycles. The summed E-state index contributed by atoms with van der Waals surface area (Å²) in [5.74, 6) is -0.833. The molecule has 0 saturated heterocycles. The SMILES string of the molecule is C=CC=C/C=C/CCCCCCCC.CC(=O)O. The van der Waals surface area contributed by atoms with Gasteiger partial charge in [0.2, 0.25) is 0 Å². The van der Waals surface area contributed by atoms with Crippen LogP contribution in [0.25, 0.3) is 0 Å². The first-order valence-electron chi connectivity index (χ1n) is 6.78. The van der Waals surface area contributed by atoms with Crippen molar-refractivity contribution in [2.45, 2.75) is 58.8 Å². The third kappa shape index (κ3) is 29.3. The molecule has 104 valence electrons. The Hall–Kier alpha value is -1.31. The van der Waals surface area contributed by atoms with Crippen LogP contribution in [0.3, 0.4) is 0 Å². The van der Waals surface area contributed by atoms with E-state index >= 15 is 0 Å². The molecule has 0 heterocycles. The number of carboxylic acids is 1. The maximum atomic E-state index is 9.00. The first-order chi connectivity index (χ1) is 8.65. The van der Waals surface area contributed by atoms with Gasteiger partial charge in [0.1, 0.15) is 0 Å². The van der Waals surface area contributed by atoms with Crippen molar-refractivity contribution in [2.75, 3.05) is 0 Å². The van der Waals surface area contributed by atoms with E-state index in [0.717, 1.165) is 6.92 Å². The molecule has 0 unspecified atom stereocenters. The van der Waals surface area contributed by atoms with Crippen LogP contribution in [0.5, 0.6) is 0 Å². The van der Waals surface area contributed by atoms with Crippen LogP contribution in [0, 0.1) is 0 Å². The number of carbonyl (C=O) groups is 1. The molecule has 2 heteroatoms. The summed E-state index contributed by atoms with van der Waals surface area (Å²) in [4.78, 5) is 9.00. The van der Waals surface area contributed by atoms with Crippen molar-refractivity contribution >= 4 is 5.97 Å². The quantitative estimate of drug-likeness (QED) is 0.456. The molecule has 18 heavy (non-hydrogen) atoms. The van der Waals surface area contributed by atoms with Crippen molar-refractivity contribution in [3.8, 4) is 0 Å². The molecule has 0 fully saturated rings. The van der Waals surface area contributed by atoms with E-state index in [1.54, 1.807) is 6.08 Å². The molecule has 0 aromatic carbocycles. The van der Waals surface area contributed by atoms with Gasteiger partial charge in [0, 0.05) is 6.92 Å². The predicted octanol–water partition coefficient (Wildman–Crippen LogP) is 5.13. The number of aliphatic carboxylic acids is 1. The summed E-state index contributed by atoms with van der Waals surface area (Å²) >= 11 is 0. The van der Waals surface area contributed by atoms with Crippen LogP contribution in [0.2, 0.25) is 0 Å². The van der Waals surface area contributed by atoms with E-state index in [1.807, 2.05) is 12.2 Å². The van der Waals surface area contributed by atoms with E-state index in [2.05, 4.69) is 25.7 Å². The normalized spacial score (nSPS) is 10.3. The molecule has 0 amide bonds. The van der Waals surface area contributed by atoms with Gasteiger partial charge in [0.25, 0.3) is 5.97 Å². The zero-order valence-electron chi connectivity index (χ0n) is 11.9. The molecule has 0 aliphatic carbocycles. The Bertz CT molecular complexity index is 235. The molecule has 0 spiro atoms. The Balaban J connectivity index is 0. The Kier molecular flexibility index (Phi) is 19.1. The molecule has 1 N–H and O–H groups in total. The second-order valence-electron chi connectivity index (χ2n) is 4.12. The maximum absolute atomic E-state index is 9.00. The van der Waals surface area contributed by atoms with Gasteiger partial charge in [-0.2, -0.15) is 0 Å². The summed E-state index contributed by atoms with van der Waals surface area (Å²) in [7, 11) is 0. The highest BCUT2D eigenvalue weighted by Gasteiger charge is 1.87. The highest BCUT2D eigenvalue weighted by Crippen LogP contribution is 2.06. The number of carboxylic acid groups (broad SMARTS) is 1. The van der Waals surface area contributed by atoms with E-state index in [0.29, 0.717) is 0 Å². The predicted molar refractivity (Wildman–Crippen MR) is 79.8 cm³/mol. The lowest BCUT2D eigenvalue weighted by molar-refractivity contribution is -0.134. The summed E-state index contributed by atoms with van der Waals surface area (Å²) in [6.45, 7) is 6.96. The van der Waals surface area contributed by atoms with Gasteiger partial charge in [-0.05, 0) is 12.8 Å². The summed E-state index contributed by atoms with van der Waals surface area (Å²) in [5.41, 5.74) is 0. The highest BCUT2D eigenvalue weighted by atomic mass is 16.4. The lowest BCUT2D eigenvalue weighted by atomic mass is 10.1. The number of unbranched alkanes of at least 4 members (excludes halogenated alkanes) is 6. The third-order valence-electron chi connectivity index (χ3n) is 2.22. The van der Waals surface area contributed by atoms with E-state index < -0.39 is 5.97 Å². The molecule has 0 radical (unpaired) electrons. The summed E-state index contributed by atoms with van der Waals surface area (Å²) in [5, 5.41) is 7.42. The van der Waals surface area contributed by atoms with E-state index in [9.17, 15) is 0 Å². The van der Waals surface area contributed by atoms with Gasteiger partial charge in [-0.3, -0.25) is 4.79 Å². The van der Waals surface area contributed by atoms with Crippen molar-refractivity contribution in [3.63, 3.8) is 0 Å². The lowest BCUT2D eigenvalue weighted by Crippen LogP contribution is -1.78. The largest absolute Gasteiger partial charge is 0.481 e. The molecule has 0 aromatic rings. The van der Waals surface area contributed by atoms with Crippen molar-refractivity contribution in [2.24, 2.45) is 0 Å². The molecular weight excluding hydrogens is 224 g/mol. The smallest absolute Gasteiger partial charge is 0.300 e. The fourth-order valence-electron chi connectivity index (χ4n) is 1.36. The Morgan fingerprint density at radius 1 is 1.06 bits per heavy atom. The zero-order valence-corrected chi connectivity index (χ0v) is 11.9. The van der Waals surface area contributed by atoms with Gasteiger partial charge in [-0.15, -0.1) is 0 Å². The van der Waals surface area contributed by atoms with E-state index in [1.165, 1.54) is 44.9 Å². The van der Waals surface area contributed by atoms with Crippen molar-refractivity contribution < 1.29 is 9.90 Å². The Morgan fingerprint density at radius 2 is 1.61 bits per heavy atom. The number of allylic oxidation sites excluding steroid dienone is 5. The van der Waals surface area contributed by atoms with Gasteiger partial charge < -0.3 is 5.11 Å². The molecule has 0 bridgehead atoms. The van der Waals surface area contributed by atoms with Crippen LogP contribution in [0.15, 0.2) is 37.0 Å². The second-order valence-corrected chi connectivity index (χ2v) is 4.12.